The third kappa shape index (κ3) is 5.36. The number of aromatic nitrogens is 3. The fourth-order valence-electron chi connectivity index (χ4n) is 5.69. The van der Waals surface area contributed by atoms with Crippen molar-refractivity contribution < 1.29 is 32.6 Å². The molecule has 0 aliphatic carbocycles. The van der Waals surface area contributed by atoms with Crippen LogP contribution in [0.25, 0.3) is 27.7 Å². The maximum atomic E-state index is 15.4. The number of nitrogens with one attached hydrogen (secondary N) is 1. The summed E-state index contributed by atoms with van der Waals surface area (Å²) in [5, 5.41) is 21.8. The number of pyridine rings is 2. The highest BCUT2D eigenvalue weighted by molar-refractivity contribution is 7.88. The molecule has 0 spiro atoms. The number of H-pyrrole nitrogens is 1. The molecule has 0 atom stereocenters. The number of aliphatic hydroxyl groups excluding tert-OH is 1. The van der Waals surface area contributed by atoms with E-state index >= 15 is 4.39 Å². The lowest BCUT2D eigenvalue weighted by atomic mass is 9.95. The first-order valence-electron chi connectivity index (χ1n) is 14.1. The Hall–Kier alpha value is -4.17. The van der Waals surface area contributed by atoms with Crippen LogP contribution in [0.5, 0.6) is 5.75 Å². The number of amides is 1. The summed E-state index contributed by atoms with van der Waals surface area (Å²) in [5.74, 6) is -1.30. The first kappa shape index (κ1) is 29.9. The van der Waals surface area contributed by atoms with E-state index in [4.69, 9.17) is 4.74 Å². The lowest BCUT2D eigenvalue weighted by molar-refractivity contribution is 0.0777. The first-order chi connectivity index (χ1) is 20.9. The van der Waals surface area contributed by atoms with E-state index in [1.165, 1.54) is 41.6 Å². The SMILES string of the molecule is CC(C)(O)c1cc(F)c2c(c1)OCCN(c1nccc(-c3ccnc4[nH]c(C5=CCN(S(C)(=O)=O)CC5)cc34)c1CO)C2=O. The van der Waals surface area contributed by atoms with Crippen molar-refractivity contribution in [1.29, 1.82) is 0 Å². The zero-order valence-corrected chi connectivity index (χ0v) is 25.3. The normalized spacial score (nSPS) is 16.5. The second-order valence-electron chi connectivity index (χ2n) is 11.4. The van der Waals surface area contributed by atoms with Crippen molar-refractivity contribution in [1.82, 2.24) is 19.3 Å². The van der Waals surface area contributed by atoms with Crippen LogP contribution in [0.3, 0.4) is 0 Å². The summed E-state index contributed by atoms with van der Waals surface area (Å²) in [7, 11) is -3.28. The van der Waals surface area contributed by atoms with E-state index in [0.29, 0.717) is 29.7 Å². The van der Waals surface area contributed by atoms with Gasteiger partial charge in [-0.1, -0.05) is 6.08 Å². The molecule has 3 N–H and O–H groups in total. The summed E-state index contributed by atoms with van der Waals surface area (Å²) in [6.45, 7) is 3.32. The molecule has 6 rings (SSSR count). The molecule has 1 amide bonds. The number of nitrogens with zero attached hydrogens (tertiary/aromatic N) is 4. The van der Waals surface area contributed by atoms with E-state index in [1.54, 1.807) is 18.3 Å². The minimum atomic E-state index is -3.28. The van der Waals surface area contributed by atoms with Gasteiger partial charge in [-0.3, -0.25) is 9.69 Å². The van der Waals surface area contributed by atoms with Gasteiger partial charge in [-0.05, 0) is 72.9 Å². The van der Waals surface area contributed by atoms with Crippen LogP contribution in [-0.4, -0.2) is 76.3 Å². The van der Waals surface area contributed by atoms with Crippen LogP contribution in [0.2, 0.25) is 0 Å². The predicted octanol–water partition coefficient (Wildman–Crippen LogP) is 3.57. The Balaban J connectivity index is 1.40. The van der Waals surface area contributed by atoms with Gasteiger partial charge in [-0.2, -0.15) is 4.31 Å². The Morgan fingerprint density at radius 1 is 1.11 bits per heavy atom. The molecule has 44 heavy (non-hydrogen) atoms. The number of carbonyl (C=O) groups is 1. The van der Waals surface area contributed by atoms with E-state index in [0.717, 1.165) is 28.3 Å². The van der Waals surface area contributed by atoms with Crippen LogP contribution in [0, 0.1) is 5.82 Å². The van der Waals surface area contributed by atoms with Crippen LogP contribution >= 0.6 is 0 Å². The van der Waals surface area contributed by atoms with Crippen molar-refractivity contribution >= 4 is 38.4 Å². The fourth-order valence-corrected chi connectivity index (χ4v) is 6.46. The van der Waals surface area contributed by atoms with Gasteiger partial charge in [0.1, 0.15) is 35.2 Å². The molecule has 0 bridgehead atoms. The highest BCUT2D eigenvalue weighted by atomic mass is 32.2. The Morgan fingerprint density at radius 3 is 2.55 bits per heavy atom. The van der Waals surface area contributed by atoms with Crippen LogP contribution in [0.1, 0.15) is 47.4 Å². The molecule has 11 nitrogen and oxygen atoms in total. The number of aliphatic hydroxyl groups is 2. The maximum absolute atomic E-state index is 15.4. The molecule has 2 aliphatic heterocycles. The molecule has 0 saturated carbocycles. The van der Waals surface area contributed by atoms with Gasteiger partial charge < -0.3 is 19.9 Å². The smallest absolute Gasteiger partial charge is 0.266 e. The second-order valence-corrected chi connectivity index (χ2v) is 13.4. The van der Waals surface area contributed by atoms with Gasteiger partial charge in [0, 0.05) is 42.1 Å². The number of aromatic amines is 1. The average molecular weight is 622 g/mol. The molecule has 0 saturated heterocycles. The minimum Gasteiger partial charge on any atom is -0.491 e. The number of anilines is 1. The zero-order chi connectivity index (χ0) is 31.4. The molecule has 230 valence electrons. The monoisotopic (exact) mass is 621 g/mol. The largest absolute Gasteiger partial charge is 0.491 e. The van der Waals surface area contributed by atoms with Crippen LogP contribution < -0.4 is 9.64 Å². The quantitative estimate of drug-likeness (QED) is 0.296. The van der Waals surface area contributed by atoms with Gasteiger partial charge in [0.2, 0.25) is 10.0 Å². The third-order valence-electron chi connectivity index (χ3n) is 8.05. The Bertz CT molecular complexity index is 1930. The first-order valence-corrected chi connectivity index (χ1v) is 15.9. The number of rotatable bonds is 6. The summed E-state index contributed by atoms with van der Waals surface area (Å²) in [6.07, 6.45) is 6.78. The topological polar surface area (TPSA) is 149 Å². The van der Waals surface area contributed by atoms with Gasteiger partial charge >= 0.3 is 0 Å². The van der Waals surface area contributed by atoms with Gasteiger partial charge in [-0.15, -0.1) is 0 Å². The van der Waals surface area contributed by atoms with Crippen LogP contribution in [-0.2, 0) is 22.2 Å². The lowest BCUT2D eigenvalue weighted by Gasteiger charge is -2.24. The molecular weight excluding hydrogens is 589 g/mol. The standard InChI is InChI=1S/C31H32FN5O6S/c1-31(2,40)19-14-24(32)27-26(15-19)43-13-12-37(30(27)39)29-23(17-38)21(5-9-34-29)20-4-8-33-28-22(20)16-25(35-28)18-6-10-36(11-7-18)44(3,41)42/h4-6,8-9,14-16,38,40H,7,10-13,17H2,1-3H3,(H,33,35). The van der Waals surface area contributed by atoms with Crippen molar-refractivity contribution in [3.63, 3.8) is 0 Å². The van der Waals surface area contributed by atoms with E-state index in [-0.39, 0.29) is 42.4 Å². The maximum Gasteiger partial charge on any atom is 0.266 e. The van der Waals surface area contributed by atoms with Gasteiger partial charge in [0.15, 0.2) is 0 Å². The fraction of sp³-hybridized carbons (Fsp3) is 0.323. The van der Waals surface area contributed by atoms with Crippen molar-refractivity contribution in [2.45, 2.75) is 32.5 Å². The van der Waals surface area contributed by atoms with Gasteiger partial charge in [0.25, 0.3) is 5.91 Å². The van der Waals surface area contributed by atoms with Gasteiger partial charge in [0.05, 0.1) is 25.0 Å². The zero-order valence-electron chi connectivity index (χ0n) is 24.5. The Morgan fingerprint density at radius 2 is 1.86 bits per heavy atom. The number of sulfonamides is 1. The molecule has 13 heteroatoms. The van der Waals surface area contributed by atoms with Crippen molar-refractivity contribution in [3.05, 3.63) is 77.0 Å². The van der Waals surface area contributed by atoms with Gasteiger partial charge in [-0.25, -0.2) is 22.8 Å². The molecule has 0 radical (unpaired) electrons. The van der Waals surface area contributed by atoms with Crippen LogP contribution in [0.15, 0.2) is 48.8 Å². The van der Waals surface area contributed by atoms with Crippen molar-refractivity contribution in [2.75, 3.05) is 37.4 Å². The van der Waals surface area contributed by atoms with E-state index in [2.05, 4.69) is 15.0 Å². The third-order valence-corrected chi connectivity index (χ3v) is 9.32. The number of benzene rings is 1. The number of halogens is 1. The number of hydrogen-bond donors (Lipinski definition) is 3. The number of fused-ring (bicyclic) bond motifs is 2. The number of carbonyl (C=O) groups excluding carboxylic acids is 1. The molecule has 1 aromatic carbocycles. The number of ether oxygens (including phenoxy) is 1. The summed E-state index contributed by atoms with van der Waals surface area (Å²) in [5.41, 5.74) is 2.76. The Labute approximate surface area is 253 Å². The molecule has 0 unspecified atom stereocenters. The van der Waals surface area contributed by atoms with E-state index < -0.39 is 34.0 Å². The average Bonchev–Trinajstić information content (AvgIpc) is 3.35. The van der Waals surface area contributed by atoms with Crippen molar-refractivity contribution in [3.8, 4) is 16.9 Å². The minimum absolute atomic E-state index is 0.0312. The molecule has 2 aliphatic rings. The molecular formula is C31H32FN5O6S. The highest BCUT2D eigenvalue weighted by Crippen LogP contribution is 2.38. The molecule has 5 heterocycles. The van der Waals surface area contributed by atoms with E-state index in [1.807, 2.05) is 12.1 Å². The van der Waals surface area contributed by atoms with Crippen molar-refractivity contribution in [2.24, 2.45) is 0 Å². The summed E-state index contributed by atoms with van der Waals surface area (Å²) in [6, 6.07) is 8.08. The second kappa shape index (κ2) is 11.1. The predicted molar refractivity (Wildman–Crippen MR) is 163 cm³/mol. The molecule has 3 aromatic heterocycles. The highest BCUT2D eigenvalue weighted by Gasteiger charge is 2.33. The summed E-state index contributed by atoms with van der Waals surface area (Å²) < 4.78 is 46.4. The molecule has 4 aromatic rings. The molecule has 0 fully saturated rings. The lowest BCUT2D eigenvalue weighted by Crippen LogP contribution is -2.34. The van der Waals surface area contributed by atoms with Crippen LogP contribution in [0.4, 0.5) is 10.2 Å². The number of hydrogen-bond acceptors (Lipinski definition) is 8. The summed E-state index contributed by atoms with van der Waals surface area (Å²) >= 11 is 0. The summed E-state index contributed by atoms with van der Waals surface area (Å²) in [4.78, 5) is 27.3. The van der Waals surface area contributed by atoms with E-state index in [9.17, 15) is 23.4 Å². The Kier molecular flexibility index (Phi) is 7.52.